The van der Waals surface area contributed by atoms with E-state index in [1.165, 1.54) is 57.8 Å². The van der Waals surface area contributed by atoms with Crippen LogP contribution in [0.3, 0.4) is 0 Å². The number of rotatable bonds is 15. The molecule has 5 heteroatoms. The monoisotopic (exact) mass is 426 g/mol. The molecule has 29 heavy (non-hydrogen) atoms. The van der Waals surface area contributed by atoms with Crippen LogP contribution in [0.4, 0.5) is 0 Å². The van der Waals surface area contributed by atoms with Crippen molar-refractivity contribution in [1.82, 2.24) is 4.67 Å². The maximum Gasteiger partial charge on any atom is 0.259 e. The van der Waals surface area contributed by atoms with E-state index in [4.69, 9.17) is 15.6 Å². The van der Waals surface area contributed by atoms with Gasteiger partial charge in [-0.25, -0.2) is 11.2 Å². The second kappa shape index (κ2) is 15.6. The third kappa shape index (κ3) is 10.1. The van der Waals surface area contributed by atoms with Crippen molar-refractivity contribution < 1.29 is 9.05 Å². The average Bonchev–Trinajstić information content (AvgIpc) is 2.68. The lowest BCUT2D eigenvalue weighted by Crippen LogP contribution is -2.37. The molecule has 170 valence electrons. The van der Waals surface area contributed by atoms with Crippen molar-refractivity contribution in [2.75, 3.05) is 13.2 Å². The van der Waals surface area contributed by atoms with Crippen molar-refractivity contribution in [2.24, 2.45) is 11.8 Å². The van der Waals surface area contributed by atoms with Gasteiger partial charge in [-0.05, 0) is 58.8 Å². The number of hydrogen-bond donors (Lipinski definition) is 0. The van der Waals surface area contributed by atoms with Gasteiger partial charge in [-0.15, -0.1) is 0 Å². The summed E-state index contributed by atoms with van der Waals surface area (Å²) in [7, 11) is -1.11. The van der Waals surface area contributed by atoms with Gasteiger partial charge in [0.2, 0.25) is 6.54 Å². The Kier molecular flexibility index (Phi) is 14.4. The molecule has 0 heterocycles. The summed E-state index contributed by atoms with van der Waals surface area (Å²) in [5, 5.41) is 0. The van der Waals surface area contributed by atoms with Crippen molar-refractivity contribution in [3.05, 3.63) is 11.4 Å². The van der Waals surface area contributed by atoms with Crippen LogP contribution in [-0.4, -0.2) is 36.0 Å². The van der Waals surface area contributed by atoms with Gasteiger partial charge in [0.05, 0.1) is 6.10 Å². The Morgan fingerprint density at radius 3 is 2.31 bits per heavy atom. The lowest BCUT2D eigenvalue weighted by Gasteiger charge is -2.41. The van der Waals surface area contributed by atoms with E-state index in [1.54, 1.807) is 0 Å². The van der Waals surface area contributed by atoms with Crippen LogP contribution in [-0.2, 0) is 9.05 Å². The molecule has 0 N–H and O–H groups in total. The first kappa shape index (κ1) is 26.8. The Bertz CT molecular complexity index is 445. The molecule has 0 aromatic rings. The molecule has 4 atom stereocenters. The van der Waals surface area contributed by atoms with Crippen molar-refractivity contribution in [1.29, 1.82) is 0 Å². The molecule has 0 amide bonds. The summed E-state index contributed by atoms with van der Waals surface area (Å²) in [6.45, 7) is 21.4. The molecular formula is C24H47N2O2P. The molecule has 0 aliphatic heterocycles. The molecular weight excluding hydrogens is 379 g/mol. The second-order valence-corrected chi connectivity index (χ2v) is 10.6. The van der Waals surface area contributed by atoms with E-state index in [2.05, 4.69) is 51.1 Å². The van der Waals surface area contributed by atoms with Crippen LogP contribution in [0.5, 0.6) is 0 Å². The van der Waals surface area contributed by atoms with Crippen molar-refractivity contribution in [3.8, 4) is 0 Å². The number of hydrogen-bond acceptors (Lipinski definition) is 3. The highest BCUT2D eigenvalue weighted by molar-refractivity contribution is 7.44. The minimum atomic E-state index is -1.11. The zero-order valence-corrected chi connectivity index (χ0v) is 20.9. The maximum absolute atomic E-state index is 7.05. The van der Waals surface area contributed by atoms with Gasteiger partial charge < -0.3 is 13.9 Å². The molecule has 0 aromatic carbocycles. The summed E-state index contributed by atoms with van der Waals surface area (Å²) in [4.78, 5) is 3.45. The average molecular weight is 427 g/mol. The first-order chi connectivity index (χ1) is 13.9. The van der Waals surface area contributed by atoms with Crippen LogP contribution >= 0.6 is 8.53 Å². The minimum Gasteiger partial charge on any atom is -0.318 e. The van der Waals surface area contributed by atoms with Crippen LogP contribution in [0.1, 0.15) is 106 Å². The molecule has 1 fully saturated rings. The zero-order valence-electron chi connectivity index (χ0n) is 20.0. The lowest BCUT2D eigenvalue weighted by atomic mass is 9.76. The van der Waals surface area contributed by atoms with Crippen molar-refractivity contribution >= 4 is 8.53 Å². The molecule has 2 unspecified atom stereocenters. The van der Waals surface area contributed by atoms with Crippen molar-refractivity contribution in [3.63, 3.8) is 0 Å². The number of unbranched alkanes of at least 4 members (excludes halogenated alkanes) is 4. The Labute approximate surface area is 182 Å². The van der Waals surface area contributed by atoms with Crippen LogP contribution in [0.25, 0.3) is 4.85 Å². The Balaban J connectivity index is 2.64. The van der Waals surface area contributed by atoms with Gasteiger partial charge in [-0.2, -0.15) is 0 Å². The first-order valence-corrected chi connectivity index (χ1v) is 13.3. The van der Waals surface area contributed by atoms with Crippen LogP contribution in [0.15, 0.2) is 0 Å². The lowest BCUT2D eigenvalue weighted by molar-refractivity contribution is 0.0447. The Morgan fingerprint density at radius 1 is 1.03 bits per heavy atom. The zero-order chi connectivity index (χ0) is 21.6. The van der Waals surface area contributed by atoms with E-state index < -0.39 is 8.53 Å². The summed E-state index contributed by atoms with van der Waals surface area (Å²) in [6, 6.07) is 0.738. The Hall–Kier alpha value is -0.200. The molecule has 1 saturated carbocycles. The van der Waals surface area contributed by atoms with E-state index in [-0.39, 0.29) is 0 Å². The third-order valence-corrected chi connectivity index (χ3v) is 8.29. The molecule has 0 radical (unpaired) electrons. The van der Waals surface area contributed by atoms with Gasteiger partial charge >= 0.3 is 0 Å². The highest BCUT2D eigenvalue weighted by Gasteiger charge is 2.35. The molecule has 0 aromatic heterocycles. The topological polar surface area (TPSA) is 26.1 Å². The molecule has 0 saturated heterocycles. The van der Waals surface area contributed by atoms with Gasteiger partial charge in [0.15, 0.2) is 0 Å². The fourth-order valence-corrected chi connectivity index (χ4v) is 6.41. The molecule has 0 bridgehead atoms. The molecule has 0 spiro atoms. The standard InChI is InChI=1S/C24H47N2O2P/c1-8-10-11-12-13-14-22-15-16-24(23(9-2)19-22)28-29(27-18-17-25-7)26(20(3)4)21(5)6/h20-24H,8-19H2,1-6H3/t22?,23-,24-,29?/m1/s1. The Morgan fingerprint density at radius 2 is 1.72 bits per heavy atom. The smallest absolute Gasteiger partial charge is 0.259 e. The van der Waals surface area contributed by atoms with E-state index in [0.29, 0.717) is 37.3 Å². The summed E-state index contributed by atoms with van der Waals surface area (Å²) < 4.78 is 15.2. The van der Waals surface area contributed by atoms with Crippen LogP contribution in [0, 0.1) is 18.4 Å². The maximum atomic E-state index is 7.05. The molecule has 1 aliphatic carbocycles. The summed E-state index contributed by atoms with van der Waals surface area (Å²) in [5.41, 5.74) is 0. The van der Waals surface area contributed by atoms with Gasteiger partial charge in [0.1, 0.15) is 6.61 Å². The SMILES string of the molecule is [C-]#[N+]CCOP(O[C@@H]1CCC(CCCCCCC)C[C@H]1CC)N(C(C)C)C(C)C. The van der Waals surface area contributed by atoms with Gasteiger partial charge in [0, 0.05) is 12.1 Å². The van der Waals surface area contributed by atoms with Crippen molar-refractivity contribution in [2.45, 2.75) is 124 Å². The fourth-order valence-electron chi connectivity index (χ4n) is 4.61. The van der Waals surface area contributed by atoms with E-state index in [9.17, 15) is 0 Å². The highest BCUT2D eigenvalue weighted by atomic mass is 31.2. The predicted molar refractivity (Wildman–Crippen MR) is 126 cm³/mol. The van der Waals surface area contributed by atoms with Crippen LogP contribution < -0.4 is 0 Å². The fraction of sp³-hybridized carbons (Fsp3) is 0.958. The number of nitrogens with zero attached hydrogens (tertiary/aromatic N) is 2. The second-order valence-electron chi connectivity index (χ2n) is 9.21. The highest BCUT2D eigenvalue weighted by Crippen LogP contribution is 2.50. The first-order valence-electron chi connectivity index (χ1n) is 12.2. The van der Waals surface area contributed by atoms with Gasteiger partial charge in [-0.1, -0.05) is 58.8 Å². The summed E-state index contributed by atoms with van der Waals surface area (Å²) in [5.74, 6) is 1.52. The quantitative estimate of drug-likeness (QED) is 0.151. The summed E-state index contributed by atoms with van der Waals surface area (Å²) in [6.07, 6.45) is 13.6. The van der Waals surface area contributed by atoms with E-state index >= 15 is 0 Å². The minimum absolute atomic E-state index is 0.301. The summed E-state index contributed by atoms with van der Waals surface area (Å²) >= 11 is 0. The predicted octanol–water partition coefficient (Wildman–Crippen LogP) is 7.84. The van der Waals surface area contributed by atoms with Gasteiger partial charge in [0.25, 0.3) is 8.53 Å². The van der Waals surface area contributed by atoms with E-state index in [1.807, 2.05) is 0 Å². The van der Waals surface area contributed by atoms with Crippen LogP contribution in [0.2, 0.25) is 0 Å². The van der Waals surface area contributed by atoms with Gasteiger partial charge in [-0.3, -0.25) is 0 Å². The van der Waals surface area contributed by atoms with E-state index in [0.717, 1.165) is 12.3 Å². The largest absolute Gasteiger partial charge is 0.318 e. The third-order valence-electron chi connectivity index (χ3n) is 6.14. The molecule has 1 aliphatic rings. The molecule has 4 nitrogen and oxygen atoms in total. The molecule has 1 rings (SSSR count). The normalized spacial score (nSPS) is 23.7.